The van der Waals surface area contributed by atoms with Crippen LogP contribution in [0.25, 0.3) is 0 Å². The second kappa shape index (κ2) is 6.10. The van der Waals surface area contributed by atoms with E-state index in [-0.39, 0.29) is 11.6 Å². The Labute approximate surface area is 108 Å². The fourth-order valence-electron chi connectivity index (χ4n) is 2.46. The summed E-state index contributed by atoms with van der Waals surface area (Å²) >= 11 is 0. The number of ketones is 1. The lowest BCUT2D eigenvalue weighted by Crippen LogP contribution is -2.35. The van der Waals surface area contributed by atoms with Crippen LogP contribution >= 0.6 is 0 Å². The van der Waals surface area contributed by atoms with Crippen LogP contribution in [0.5, 0.6) is 0 Å². The molecule has 18 heavy (non-hydrogen) atoms. The highest BCUT2D eigenvalue weighted by atomic mass is 19.1. The fraction of sp³-hybridized carbons (Fsp3) is 0.533. The van der Waals surface area contributed by atoms with E-state index in [2.05, 4.69) is 5.32 Å². The van der Waals surface area contributed by atoms with E-state index in [9.17, 15) is 9.18 Å². The number of Topliss-reactive ketones (excluding diaryl/α,β-unsaturated/α-hetero) is 1. The van der Waals surface area contributed by atoms with Crippen LogP contribution in [0.3, 0.4) is 0 Å². The van der Waals surface area contributed by atoms with Crippen molar-refractivity contribution >= 4 is 5.78 Å². The third-order valence-electron chi connectivity index (χ3n) is 3.64. The largest absolute Gasteiger partial charge is 0.307 e. The van der Waals surface area contributed by atoms with Crippen molar-refractivity contribution in [2.75, 3.05) is 6.54 Å². The second-order valence-corrected chi connectivity index (χ2v) is 5.10. The van der Waals surface area contributed by atoms with Gasteiger partial charge < -0.3 is 5.32 Å². The second-order valence-electron chi connectivity index (χ2n) is 5.10. The van der Waals surface area contributed by atoms with E-state index in [1.54, 1.807) is 19.1 Å². The summed E-state index contributed by atoms with van der Waals surface area (Å²) in [5.41, 5.74) is 1.12. The molecule has 0 aromatic heterocycles. The normalized spacial score (nSPS) is 16.8. The monoisotopic (exact) mass is 249 g/mol. The van der Waals surface area contributed by atoms with E-state index in [1.165, 1.54) is 25.3 Å². The molecule has 1 N–H and O–H groups in total. The smallest absolute Gasteiger partial charge is 0.176 e. The molecule has 0 atom stereocenters. The van der Waals surface area contributed by atoms with Gasteiger partial charge in [0.2, 0.25) is 0 Å². The van der Waals surface area contributed by atoms with Gasteiger partial charge in [-0.15, -0.1) is 0 Å². The van der Waals surface area contributed by atoms with Gasteiger partial charge in [-0.1, -0.05) is 19.3 Å². The third kappa shape index (κ3) is 3.39. The minimum atomic E-state index is -0.258. The van der Waals surface area contributed by atoms with Crippen molar-refractivity contribution in [3.8, 4) is 0 Å². The lowest BCUT2D eigenvalue weighted by Gasteiger charge is -2.22. The summed E-state index contributed by atoms with van der Waals surface area (Å²) in [4.78, 5) is 12.0. The van der Waals surface area contributed by atoms with Gasteiger partial charge in [-0.05, 0) is 43.5 Å². The quantitative estimate of drug-likeness (QED) is 0.830. The van der Waals surface area contributed by atoms with Crippen molar-refractivity contribution in [2.45, 2.75) is 45.1 Å². The van der Waals surface area contributed by atoms with Crippen molar-refractivity contribution in [2.24, 2.45) is 0 Å². The van der Waals surface area contributed by atoms with Crippen LogP contribution in [0.2, 0.25) is 0 Å². The fourth-order valence-corrected chi connectivity index (χ4v) is 2.46. The molecule has 3 heteroatoms. The molecule has 2 rings (SSSR count). The molecule has 1 aromatic carbocycles. The Morgan fingerprint density at radius 3 is 2.72 bits per heavy atom. The first-order chi connectivity index (χ1) is 8.66. The van der Waals surface area contributed by atoms with E-state index in [1.807, 2.05) is 0 Å². The predicted molar refractivity (Wildman–Crippen MR) is 70.3 cm³/mol. The molecule has 1 aliphatic carbocycles. The lowest BCUT2D eigenvalue weighted by molar-refractivity contribution is 0.0984. The highest BCUT2D eigenvalue weighted by Gasteiger charge is 2.14. The molecular formula is C15H20FNO. The number of nitrogens with one attached hydrogen (secondary N) is 1. The van der Waals surface area contributed by atoms with E-state index in [4.69, 9.17) is 0 Å². The minimum Gasteiger partial charge on any atom is -0.307 e. The van der Waals surface area contributed by atoms with Gasteiger partial charge in [-0.3, -0.25) is 4.79 Å². The zero-order chi connectivity index (χ0) is 13.0. The van der Waals surface area contributed by atoms with Crippen LogP contribution in [0.15, 0.2) is 18.2 Å². The van der Waals surface area contributed by atoms with Crippen LogP contribution in [0.1, 0.15) is 48.0 Å². The van der Waals surface area contributed by atoms with Gasteiger partial charge in [0.05, 0.1) is 6.54 Å². The first-order valence-corrected chi connectivity index (χ1v) is 6.69. The molecule has 0 unspecified atom stereocenters. The molecule has 0 spiro atoms. The molecule has 1 aromatic rings. The number of carbonyl (C=O) groups excluding carboxylic acids is 1. The molecule has 1 saturated carbocycles. The van der Waals surface area contributed by atoms with Crippen molar-refractivity contribution < 1.29 is 9.18 Å². The minimum absolute atomic E-state index is 0.0451. The molecule has 0 saturated heterocycles. The number of benzene rings is 1. The topological polar surface area (TPSA) is 29.1 Å². The van der Waals surface area contributed by atoms with E-state index >= 15 is 0 Å². The maximum absolute atomic E-state index is 13.1. The van der Waals surface area contributed by atoms with Gasteiger partial charge in [0.25, 0.3) is 0 Å². The Morgan fingerprint density at radius 2 is 2.06 bits per heavy atom. The SMILES string of the molecule is Cc1cc(C(=O)CNC2CCCCC2)ccc1F. The predicted octanol–water partition coefficient (Wildman–Crippen LogP) is 3.24. The van der Waals surface area contributed by atoms with Gasteiger partial charge in [-0.25, -0.2) is 4.39 Å². The molecular weight excluding hydrogens is 229 g/mol. The molecule has 1 fully saturated rings. The van der Waals surface area contributed by atoms with E-state index in [0.29, 0.717) is 23.7 Å². The van der Waals surface area contributed by atoms with Crippen LogP contribution in [-0.4, -0.2) is 18.4 Å². The summed E-state index contributed by atoms with van der Waals surface area (Å²) in [6.07, 6.45) is 6.14. The van der Waals surface area contributed by atoms with Crippen molar-refractivity contribution in [3.63, 3.8) is 0 Å². The first-order valence-electron chi connectivity index (χ1n) is 6.69. The first kappa shape index (κ1) is 13.2. The van der Waals surface area contributed by atoms with Gasteiger partial charge in [-0.2, -0.15) is 0 Å². The average Bonchev–Trinajstić information content (AvgIpc) is 2.40. The summed E-state index contributed by atoms with van der Waals surface area (Å²) in [5.74, 6) is -0.213. The summed E-state index contributed by atoms with van der Waals surface area (Å²) in [5, 5.41) is 3.31. The zero-order valence-corrected chi connectivity index (χ0v) is 10.8. The van der Waals surface area contributed by atoms with Crippen LogP contribution in [0, 0.1) is 12.7 Å². The molecule has 2 nitrogen and oxygen atoms in total. The van der Waals surface area contributed by atoms with Gasteiger partial charge in [0.15, 0.2) is 5.78 Å². The van der Waals surface area contributed by atoms with Crippen molar-refractivity contribution in [1.82, 2.24) is 5.32 Å². The molecule has 0 heterocycles. The molecule has 98 valence electrons. The Bertz CT molecular complexity index is 425. The number of carbonyl (C=O) groups is 1. The molecule has 0 bridgehead atoms. The van der Waals surface area contributed by atoms with Crippen molar-refractivity contribution in [3.05, 3.63) is 35.1 Å². The van der Waals surface area contributed by atoms with E-state index < -0.39 is 0 Å². The summed E-state index contributed by atoms with van der Waals surface area (Å²) < 4.78 is 13.1. The third-order valence-corrected chi connectivity index (χ3v) is 3.64. The Morgan fingerprint density at radius 1 is 1.33 bits per heavy atom. The summed E-state index contributed by atoms with van der Waals surface area (Å²) in [6, 6.07) is 5.03. The van der Waals surface area contributed by atoms with E-state index in [0.717, 1.165) is 12.8 Å². The maximum Gasteiger partial charge on any atom is 0.176 e. The van der Waals surface area contributed by atoms with Crippen LogP contribution < -0.4 is 5.32 Å². The standard InChI is InChI=1S/C15H20FNO/c1-11-9-12(7-8-14(11)16)15(18)10-17-13-5-3-2-4-6-13/h7-9,13,17H,2-6,10H2,1H3. The highest BCUT2D eigenvalue weighted by Crippen LogP contribution is 2.17. The van der Waals surface area contributed by atoms with Crippen LogP contribution in [-0.2, 0) is 0 Å². The molecule has 0 aliphatic heterocycles. The number of rotatable bonds is 4. The van der Waals surface area contributed by atoms with Gasteiger partial charge in [0.1, 0.15) is 5.82 Å². The highest BCUT2D eigenvalue weighted by molar-refractivity contribution is 5.97. The number of halogens is 1. The Hall–Kier alpha value is -1.22. The number of aryl methyl sites for hydroxylation is 1. The molecule has 0 radical (unpaired) electrons. The Kier molecular flexibility index (Phi) is 4.48. The van der Waals surface area contributed by atoms with Gasteiger partial charge in [0, 0.05) is 11.6 Å². The summed E-state index contributed by atoms with van der Waals surface area (Å²) in [6.45, 7) is 2.04. The molecule has 1 aliphatic rings. The number of hydrogen-bond donors (Lipinski definition) is 1. The van der Waals surface area contributed by atoms with Gasteiger partial charge >= 0.3 is 0 Å². The van der Waals surface area contributed by atoms with Crippen molar-refractivity contribution in [1.29, 1.82) is 0 Å². The Balaban J connectivity index is 1.88. The van der Waals surface area contributed by atoms with Crippen LogP contribution in [0.4, 0.5) is 4.39 Å². The zero-order valence-electron chi connectivity index (χ0n) is 10.8. The summed E-state index contributed by atoms with van der Waals surface area (Å²) in [7, 11) is 0. The lowest BCUT2D eigenvalue weighted by atomic mass is 9.95. The number of hydrogen-bond acceptors (Lipinski definition) is 2. The maximum atomic E-state index is 13.1. The molecule has 0 amide bonds. The average molecular weight is 249 g/mol.